The standard InChI is InChI=1S/C13H19O4PSe/c1-4-16-18(15,17-5-2)19-11(3)13(14)12-9-7-6-8-10-12/h6-11H,4-5H2,1-3H3. The second-order valence-corrected chi connectivity index (χ2v) is 11.0. The van der Waals surface area contributed by atoms with Crippen molar-refractivity contribution in [1.29, 1.82) is 0 Å². The molecule has 1 unspecified atom stereocenters. The van der Waals surface area contributed by atoms with Crippen LogP contribution in [0.3, 0.4) is 0 Å². The van der Waals surface area contributed by atoms with Crippen molar-refractivity contribution in [3.8, 4) is 0 Å². The first-order valence-corrected chi connectivity index (χ1v) is 10.9. The molecule has 1 aromatic carbocycles. The number of hydrogen-bond acceptors (Lipinski definition) is 4. The van der Waals surface area contributed by atoms with Gasteiger partial charge in [-0.2, -0.15) is 0 Å². The van der Waals surface area contributed by atoms with Gasteiger partial charge < -0.3 is 0 Å². The number of benzene rings is 1. The molecule has 0 radical (unpaired) electrons. The monoisotopic (exact) mass is 350 g/mol. The maximum absolute atomic E-state index is 12.4. The molecular weight excluding hydrogens is 330 g/mol. The molecule has 19 heavy (non-hydrogen) atoms. The zero-order chi connectivity index (χ0) is 14.3. The number of rotatable bonds is 8. The fourth-order valence-electron chi connectivity index (χ4n) is 1.49. The molecule has 0 aliphatic heterocycles. The Morgan fingerprint density at radius 3 is 2.21 bits per heavy atom. The van der Waals surface area contributed by atoms with Gasteiger partial charge in [0.2, 0.25) is 0 Å². The van der Waals surface area contributed by atoms with Gasteiger partial charge in [0.05, 0.1) is 0 Å². The topological polar surface area (TPSA) is 52.6 Å². The van der Waals surface area contributed by atoms with Gasteiger partial charge in [-0.05, 0) is 0 Å². The minimum atomic E-state index is -3.11. The third-order valence-electron chi connectivity index (χ3n) is 2.29. The predicted molar refractivity (Wildman–Crippen MR) is 76.8 cm³/mol. The summed E-state index contributed by atoms with van der Waals surface area (Å²) >= 11 is -0.522. The zero-order valence-corrected chi connectivity index (χ0v) is 14.0. The molecule has 0 aliphatic rings. The summed E-state index contributed by atoms with van der Waals surface area (Å²) in [6.45, 7) is 5.97. The third kappa shape index (κ3) is 5.21. The van der Waals surface area contributed by atoms with Crippen LogP contribution in [0.4, 0.5) is 0 Å². The van der Waals surface area contributed by atoms with Crippen LogP contribution in [0.5, 0.6) is 0 Å². The molecule has 1 atom stereocenters. The fraction of sp³-hybridized carbons (Fsp3) is 0.462. The molecule has 0 aromatic heterocycles. The van der Waals surface area contributed by atoms with Gasteiger partial charge in [0.15, 0.2) is 0 Å². The molecule has 0 fully saturated rings. The molecule has 106 valence electrons. The Kier molecular flexibility index (Phi) is 6.98. The Labute approximate surface area is 120 Å². The van der Waals surface area contributed by atoms with Crippen molar-refractivity contribution >= 4 is 26.6 Å². The van der Waals surface area contributed by atoms with E-state index >= 15 is 0 Å². The van der Waals surface area contributed by atoms with E-state index in [2.05, 4.69) is 0 Å². The Balaban J connectivity index is 2.75. The zero-order valence-electron chi connectivity index (χ0n) is 11.4. The summed E-state index contributed by atoms with van der Waals surface area (Å²) in [5, 5.41) is 0. The van der Waals surface area contributed by atoms with Crippen LogP contribution in [0.1, 0.15) is 31.1 Å². The van der Waals surface area contributed by atoms with Gasteiger partial charge in [-0.15, -0.1) is 0 Å². The van der Waals surface area contributed by atoms with Crippen LogP contribution in [0, 0.1) is 0 Å². The van der Waals surface area contributed by atoms with Crippen LogP contribution in [0.25, 0.3) is 0 Å². The van der Waals surface area contributed by atoms with Crippen LogP contribution >= 0.6 is 6.29 Å². The second kappa shape index (κ2) is 7.98. The summed E-state index contributed by atoms with van der Waals surface area (Å²) < 4.78 is 22.9. The van der Waals surface area contributed by atoms with E-state index in [-0.39, 0.29) is 10.6 Å². The summed E-state index contributed by atoms with van der Waals surface area (Å²) in [5.41, 5.74) is 0.636. The second-order valence-electron chi connectivity index (χ2n) is 3.76. The van der Waals surface area contributed by atoms with Crippen LogP contribution in [-0.4, -0.2) is 33.5 Å². The van der Waals surface area contributed by atoms with Crippen molar-refractivity contribution < 1.29 is 18.4 Å². The molecule has 0 N–H and O–H groups in total. The Morgan fingerprint density at radius 1 is 1.21 bits per heavy atom. The van der Waals surface area contributed by atoms with Crippen molar-refractivity contribution in [1.82, 2.24) is 0 Å². The van der Waals surface area contributed by atoms with Crippen LogP contribution in [0.15, 0.2) is 30.3 Å². The number of hydrogen-bond donors (Lipinski definition) is 0. The first kappa shape index (κ1) is 16.6. The molecule has 0 heterocycles. The molecule has 0 amide bonds. The van der Waals surface area contributed by atoms with Gasteiger partial charge in [-0.25, -0.2) is 0 Å². The first-order chi connectivity index (χ1) is 9.02. The van der Waals surface area contributed by atoms with Crippen molar-refractivity contribution in [3.63, 3.8) is 0 Å². The summed E-state index contributed by atoms with van der Waals surface area (Å²) in [5.74, 6) is -0.0137. The summed E-state index contributed by atoms with van der Waals surface area (Å²) in [6.07, 6.45) is -3.11. The van der Waals surface area contributed by atoms with Gasteiger partial charge in [-0.3, -0.25) is 0 Å². The van der Waals surface area contributed by atoms with Gasteiger partial charge in [0, 0.05) is 0 Å². The molecule has 4 nitrogen and oxygen atoms in total. The maximum atomic E-state index is 12.4. The fourth-order valence-corrected chi connectivity index (χ4v) is 8.22. The summed E-state index contributed by atoms with van der Waals surface area (Å²) in [7, 11) is 0. The average Bonchev–Trinajstić information content (AvgIpc) is 2.39. The number of carbonyl (C=O) groups excluding carboxylic acids is 1. The molecule has 0 saturated carbocycles. The van der Waals surface area contributed by atoms with Gasteiger partial charge >= 0.3 is 120 Å². The van der Waals surface area contributed by atoms with Crippen LogP contribution in [0.2, 0.25) is 4.82 Å². The molecule has 6 heteroatoms. The number of carbonyl (C=O) groups is 1. The quantitative estimate of drug-likeness (QED) is 0.409. The van der Waals surface area contributed by atoms with E-state index in [0.717, 1.165) is 0 Å². The van der Waals surface area contributed by atoms with Gasteiger partial charge in [0.25, 0.3) is 0 Å². The number of ketones is 1. The van der Waals surface area contributed by atoms with E-state index in [1.807, 2.05) is 18.2 Å². The van der Waals surface area contributed by atoms with Crippen molar-refractivity contribution in [3.05, 3.63) is 35.9 Å². The van der Waals surface area contributed by atoms with Gasteiger partial charge in [0.1, 0.15) is 0 Å². The Hall–Kier alpha value is -0.441. The Bertz CT molecular complexity index is 439. The average molecular weight is 349 g/mol. The molecule has 0 spiro atoms. The van der Waals surface area contributed by atoms with E-state index in [4.69, 9.17) is 9.05 Å². The first-order valence-electron chi connectivity index (χ1n) is 6.19. The third-order valence-corrected chi connectivity index (χ3v) is 9.40. The Morgan fingerprint density at radius 2 is 1.74 bits per heavy atom. The van der Waals surface area contributed by atoms with Crippen LogP contribution < -0.4 is 0 Å². The normalized spacial score (nSPS) is 13.2. The summed E-state index contributed by atoms with van der Waals surface area (Å²) in [4.78, 5) is 11.9. The van der Waals surface area contributed by atoms with Crippen molar-refractivity contribution in [2.24, 2.45) is 0 Å². The molecule has 0 aliphatic carbocycles. The summed E-state index contributed by atoms with van der Waals surface area (Å²) in [6, 6.07) is 9.02. The molecule has 1 rings (SSSR count). The van der Waals surface area contributed by atoms with Crippen molar-refractivity contribution in [2.45, 2.75) is 25.6 Å². The minimum absolute atomic E-state index is 0.0137. The molecule has 0 bridgehead atoms. The molecule has 1 aromatic rings. The van der Waals surface area contributed by atoms with E-state index in [9.17, 15) is 9.36 Å². The number of Topliss-reactive ketones (excluding diaryl/α,β-unsaturated/α-hetero) is 1. The van der Waals surface area contributed by atoms with E-state index < -0.39 is 20.8 Å². The predicted octanol–water partition coefficient (Wildman–Crippen LogP) is 3.56. The van der Waals surface area contributed by atoms with E-state index in [1.165, 1.54) is 0 Å². The van der Waals surface area contributed by atoms with E-state index in [0.29, 0.717) is 18.8 Å². The van der Waals surface area contributed by atoms with Gasteiger partial charge in [-0.1, -0.05) is 0 Å². The van der Waals surface area contributed by atoms with E-state index in [1.54, 1.807) is 32.9 Å². The van der Waals surface area contributed by atoms with Crippen LogP contribution in [-0.2, 0) is 13.6 Å². The molecule has 0 saturated heterocycles. The SMILES string of the molecule is CCOP(=O)(OCC)[Se]C(C)C(=O)c1ccccc1. The van der Waals surface area contributed by atoms with Crippen molar-refractivity contribution in [2.75, 3.05) is 13.2 Å². The molecular formula is C13H19O4PSe.